The van der Waals surface area contributed by atoms with Crippen molar-refractivity contribution in [3.63, 3.8) is 0 Å². The molecule has 1 saturated carbocycles. The summed E-state index contributed by atoms with van der Waals surface area (Å²) in [6.07, 6.45) is 4.77. The predicted molar refractivity (Wildman–Crippen MR) is 122 cm³/mol. The van der Waals surface area contributed by atoms with E-state index in [2.05, 4.69) is 9.88 Å². The number of aryl methyl sites for hydroxylation is 1. The third-order valence-electron chi connectivity index (χ3n) is 6.82. The zero-order valence-corrected chi connectivity index (χ0v) is 18.3. The molecule has 1 fully saturated rings. The van der Waals surface area contributed by atoms with E-state index >= 15 is 4.39 Å². The van der Waals surface area contributed by atoms with E-state index in [9.17, 15) is 9.90 Å². The first-order valence-electron chi connectivity index (χ1n) is 11.1. The number of aromatic amines is 1. The summed E-state index contributed by atoms with van der Waals surface area (Å²) in [6, 6.07) is 10.2. The summed E-state index contributed by atoms with van der Waals surface area (Å²) in [5.41, 5.74) is 5.13. The third kappa shape index (κ3) is 3.58. The maximum atomic E-state index is 15.9. The number of carboxylic acids is 1. The van der Waals surface area contributed by atoms with Crippen molar-refractivity contribution in [1.29, 1.82) is 0 Å². The second-order valence-corrected chi connectivity index (χ2v) is 8.84. The Hall–Kier alpha value is -3.12. The van der Waals surface area contributed by atoms with E-state index < -0.39 is 12.0 Å². The minimum absolute atomic E-state index is 0.0711. The van der Waals surface area contributed by atoms with Crippen LogP contribution < -0.4 is 4.74 Å². The molecule has 2 aromatic carbocycles. The van der Waals surface area contributed by atoms with Gasteiger partial charge in [0.05, 0.1) is 18.7 Å². The number of fused-ring (bicyclic) bond motifs is 1. The van der Waals surface area contributed by atoms with Crippen LogP contribution in [0, 0.1) is 12.8 Å². The van der Waals surface area contributed by atoms with Crippen LogP contribution in [0.3, 0.4) is 0 Å². The van der Waals surface area contributed by atoms with Gasteiger partial charge in [0, 0.05) is 35.8 Å². The Labute approximate surface area is 186 Å². The van der Waals surface area contributed by atoms with Crippen molar-refractivity contribution < 1.29 is 19.0 Å². The first kappa shape index (κ1) is 20.8. The van der Waals surface area contributed by atoms with Gasteiger partial charge in [0.15, 0.2) is 0 Å². The van der Waals surface area contributed by atoms with Gasteiger partial charge in [-0.2, -0.15) is 0 Å². The topological polar surface area (TPSA) is 65.6 Å². The second kappa shape index (κ2) is 8.10. The largest absolute Gasteiger partial charge is 0.496 e. The number of carboxylic acid groups (broad SMARTS) is 1. The Morgan fingerprint density at radius 2 is 2.00 bits per heavy atom. The number of hydrogen-bond donors (Lipinski definition) is 2. The molecular weight excluding hydrogens is 407 g/mol. The monoisotopic (exact) mass is 434 g/mol. The lowest BCUT2D eigenvalue weighted by Gasteiger charge is -2.37. The van der Waals surface area contributed by atoms with E-state index in [0.717, 1.165) is 64.7 Å². The van der Waals surface area contributed by atoms with E-state index in [4.69, 9.17) is 4.74 Å². The number of ether oxygens (including phenoxy) is 1. The van der Waals surface area contributed by atoms with Crippen LogP contribution in [0.15, 0.2) is 54.0 Å². The summed E-state index contributed by atoms with van der Waals surface area (Å²) in [5.74, 6) is 0.111. The minimum Gasteiger partial charge on any atom is -0.496 e. The number of halogens is 1. The number of rotatable bonds is 6. The second-order valence-electron chi connectivity index (χ2n) is 8.84. The fraction of sp³-hybridized carbons (Fsp3) is 0.346. The number of aromatic carboxylic acids is 1. The van der Waals surface area contributed by atoms with Gasteiger partial charge in [0.25, 0.3) is 0 Å². The molecule has 1 aromatic heterocycles. The van der Waals surface area contributed by atoms with Crippen LogP contribution in [0.5, 0.6) is 5.75 Å². The third-order valence-corrected chi connectivity index (χ3v) is 6.82. The summed E-state index contributed by atoms with van der Waals surface area (Å²) < 4.78 is 21.6. The van der Waals surface area contributed by atoms with Gasteiger partial charge in [-0.05, 0) is 73.1 Å². The number of aromatic nitrogens is 1. The van der Waals surface area contributed by atoms with Crippen LogP contribution in [0.1, 0.15) is 52.4 Å². The maximum Gasteiger partial charge on any atom is 0.335 e. The summed E-state index contributed by atoms with van der Waals surface area (Å²) in [7, 11) is 1.67. The lowest BCUT2D eigenvalue weighted by atomic mass is 9.91. The molecule has 0 saturated heterocycles. The number of H-pyrrole nitrogens is 1. The molecule has 1 aliphatic heterocycles. The van der Waals surface area contributed by atoms with Crippen molar-refractivity contribution >= 4 is 16.9 Å². The molecule has 2 N–H and O–H groups in total. The lowest BCUT2D eigenvalue weighted by molar-refractivity contribution is 0.0697. The Morgan fingerprint density at radius 1 is 1.25 bits per heavy atom. The van der Waals surface area contributed by atoms with Gasteiger partial charge in [-0.1, -0.05) is 12.1 Å². The molecule has 0 bridgehead atoms. The zero-order valence-electron chi connectivity index (χ0n) is 18.3. The van der Waals surface area contributed by atoms with Gasteiger partial charge in [-0.25, -0.2) is 9.18 Å². The smallest absolute Gasteiger partial charge is 0.335 e. The molecule has 2 aliphatic rings. The zero-order chi connectivity index (χ0) is 22.4. The molecule has 32 heavy (non-hydrogen) atoms. The molecule has 6 heteroatoms. The van der Waals surface area contributed by atoms with Gasteiger partial charge in [0.2, 0.25) is 0 Å². The average Bonchev–Trinajstić information content (AvgIpc) is 3.50. The van der Waals surface area contributed by atoms with E-state index in [1.54, 1.807) is 31.4 Å². The van der Waals surface area contributed by atoms with E-state index in [0.29, 0.717) is 12.5 Å². The molecular formula is C26H27FN2O3. The van der Waals surface area contributed by atoms with Gasteiger partial charge >= 0.3 is 5.97 Å². The Bertz CT molecular complexity index is 1210. The van der Waals surface area contributed by atoms with Crippen molar-refractivity contribution in [2.24, 2.45) is 5.92 Å². The van der Waals surface area contributed by atoms with Gasteiger partial charge in [-0.15, -0.1) is 0 Å². The van der Waals surface area contributed by atoms with E-state index in [1.165, 1.54) is 0 Å². The Morgan fingerprint density at radius 3 is 2.66 bits per heavy atom. The van der Waals surface area contributed by atoms with Crippen LogP contribution in [-0.4, -0.2) is 34.6 Å². The number of methoxy groups -OCH3 is 1. The fourth-order valence-corrected chi connectivity index (χ4v) is 5.00. The normalized spacial score (nSPS) is 19.5. The highest BCUT2D eigenvalue weighted by Crippen LogP contribution is 2.47. The predicted octanol–water partition coefficient (Wildman–Crippen LogP) is 5.76. The van der Waals surface area contributed by atoms with Gasteiger partial charge < -0.3 is 14.8 Å². The number of carbonyl (C=O) groups is 1. The molecule has 5 rings (SSSR count). The quantitative estimate of drug-likeness (QED) is 0.517. The molecule has 0 amide bonds. The van der Waals surface area contributed by atoms with Crippen molar-refractivity contribution in [1.82, 2.24) is 9.88 Å². The Kier molecular flexibility index (Phi) is 5.25. The molecule has 0 spiro atoms. The Balaban J connectivity index is 1.57. The van der Waals surface area contributed by atoms with Crippen molar-refractivity contribution in [2.45, 2.75) is 38.8 Å². The van der Waals surface area contributed by atoms with Crippen molar-refractivity contribution in [3.05, 3.63) is 76.2 Å². The molecule has 3 aromatic rings. The number of benzene rings is 2. The minimum atomic E-state index is -0.981. The molecule has 1 atom stereocenters. The van der Waals surface area contributed by atoms with Crippen LogP contribution in [0.2, 0.25) is 0 Å². The highest BCUT2D eigenvalue weighted by atomic mass is 19.1. The number of nitrogens with one attached hydrogen (secondary N) is 1. The summed E-state index contributed by atoms with van der Waals surface area (Å²) >= 11 is 0. The van der Waals surface area contributed by atoms with Crippen molar-refractivity contribution in [3.8, 4) is 5.75 Å². The highest BCUT2D eigenvalue weighted by molar-refractivity contribution is 5.88. The molecule has 166 valence electrons. The van der Waals surface area contributed by atoms with Crippen molar-refractivity contribution in [2.75, 3.05) is 13.7 Å². The summed E-state index contributed by atoms with van der Waals surface area (Å²) in [6.45, 7) is 3.32. The molecule has 2 heterocycles. The molecule has 0 unspecified atom stereocenters. The molecule has 5 nitrogen and oxygen atoms in total. The van der Waals surface area contributed by atoms with Crippen LogP contribution >= 0.6 is 0 Å². The van der Waals surface area contributed by atoms with E-state index in [-0.39, 0.29) is 11.4 Å². The first-order valence-corrected chi connectivity index (χ1v) is 11.1. The van der Waals surface area contributed by atoms with Crippen LogP contribution in [0.4, 0.5) is 4.39 Å². The summed E-state index contributed by atoms with van der Waals surface area (Å²) in [4.78, 5) is 16.7. The van der Waals surface area contributed by atoms with Crippen LogP contribution in [-0.2, 0) is 6.54 Å². The summed E-state index contributed by atoms with van der Waals surface area (Å²) in [5, 5.41) is 10.3. The highest BCUT2D eigenvalue weighted by Gasteiger charge is 2.38. The van der Waals surface area contributed by atoms with Gasteiger partial charge in [0.1, 0.15) is 11.6 Å². The molecule has 0 radical (unpaired) electrons. The first-order chi connectivity index (χ1) is 15.5. The lowest BCUT2D eigenvalue weighted by Crippen LogP contribution is -2.34. The van der Waals surface area contributed by atoms with Crippen LogP contribution in [0.25, 0.3) is 10.9 Å². The number of nitrogens with zero attached hydrogens (tertiary/aromatic N) is 1. The molecule has 1 aliphatic carbocycles. The van der Waals surface area contributed by atoms with Gasteiger partial charge in [-0.3, -0.25) is 4.90 Å². The standard InChI is InChI=1S/C26H27FN2O3/c1-15-13-22(32-2)21(20-9-11-28-24(15)20)14-29-12-10-19(16-3-4-16)23(27)25(29)17-5-7-18(8-6-17)26(30)31/h5-9,11,13,16,25,28H,3-4,10,12,14H2,1-2H3,(H,30,31)/t25-/m1/s1. The average molecular weight is 435 g/mol. The maximum absolute atomic E-state index is 15.9. The van der Waals surface area contributed by atoms with E-state index in [1.807, 2.05) is 25.3 Å². The fourth-order valence-electron chi connectivity index (χ4n) is 5.00. The SMILES string of the molecule is COc1cc(C)c2[nH]ccc2c1CN1CCC(C2CC2)=C(F)[C@H]1c1ccc(C(=O)O)cc1. The number of hydrogen-bond acceptors (Lipinski definition) is 3.